The van der Waals surface area contributed by atoms with Crippen molar-refractivity contribution in [3.05, 3.63) is 160 Å². The molecule has 0 saturated carbocycles. The summed E-state index contributed by atoms with van der Waals surface area (Å²) in [5.74, 6) is -2.31. The number of carbonyl (C=O) groups is 3. The maximum atomic E-state index is 15.4. The Morgan fingerprint density at radius 1 is 0.484 bits per heavy atom. The third-order valence-corrected chi connectivity index (χ3v) is 17.4. The second kappa shape index (κ2) is 26.3. The van der Waals surface area contributed by atoms with Gasteiger partial charge in [0.1, 0.15) is 36.8 Å². The number of oxime groups is 1. The van der Waals surface area contributed by atoms with Crippen molar-refractivity contribution in [1.29, 1.82) is 0 Å². The van der Waals surface area contributed by atoms with Crippen LogP contribution in [0.3, 0.4) is 0 Å². The van der Waals surface area contributed by atoms with Gasteiger partial charge in [-0.25, -0.2) is 18.8 Å². The molecule has 0 bridgehead atoms. The molecular formula is C71H68Cl2FN7O10. The fourth-order valence-electron chi connectivity index (χ4n) is 13.2. The summed E-state index contributed by atoms with van der Waals surface area (Å²) in [5.41, 5.74) is 7.89. The molecule has 0 saturated heterocycles. The first-order valence-corrected chi connectivity index (χ1v) is 30.8. The largest absolute Gasteiger partial charge is 0.487 e. The molecule has 3 aromatic heterocycles. The summed E-state index contributed by atoms with van der Waals surface area (Å²) in [4.78, 5) is 46.5. The number of rotatable bonds is 27. The summed E-state index contributed by atoms with van der Waals surface area (Å²) >= 11 is 13.6. The van der Waals surface area contributed by atoms with Gasteiger partial charge in [0.15, 0.2) is 13.2 Å². The predicted octanol–water partition coefficient (Wildman–Crippen LogP) is 14.3. The van der Waals surface area contributed by atoms with Gasteiger partial charge in [0.05, 0.1) is 16.6 Å². The lowest BCUT2D eigenvalue weighted by molar-refractivity contribution is -0.140. The van der Waals surface area contributed by atoms with E-state index in [0.29, 0.717) is 73.1 Å². The maximum Gasteiger partial charge on any atom is 0.357 e. The number of nitrogens with zero attached hydrogens (tertiary/aromatic N) is 7. The van der Waals surface area contributed by atoms with Crippen molar-refractivity contribution >= 4 is 145 Å². The quantitative estimate of drug-likeness (QED) is 0.0327. The molecule has 0 aliphatic heterocycles. The smallest absolute Gasteiger partial charge is 0.357 e. The van der Waals surface area contributed by atoms with Gasteiger partial charge in [0.25, 0.3) is 0 Å². The first kappa shape index (κ1) is 62.0. The van der Waals surface area contributed by atoms with E-state index in [2.05, 4.69) is 92.1 Å². The first-order valence-electron chi connectivity index (χ1n) is 30.1. The molecule has 17 nitrogen and oxygen atoms in total. The maximum absolute atomic E-state index is 15.4. The topological polar surface area (TPSA) is 186 Å². The first-order chi connectivity index (χ1) is 43.9. The molecule has 0 aliphatic rings. The highest BCUT2D eigenvalue weighted by molar-refractivity contribution is 6.36. The number of halogens is 3. The minimum Gasteiger partial charge on any atom is -0.487 e. The van der Waals surface area contributed by atoms with Crippen molar-refractivity contribution in [2.75, 3.05) is 74.8 Å². The minimum atomic E-state index is -1.23. The lowest BCUT2D eigenvalue weighted by Crippen LogP contribution is -2.21. The van der Waals surface area contributed by atoms with Gasteiger partial charge in [-0.3, -0.25) is 0 Å². The second-order valence-electron chi connectivity index (χ2n) is 23.6. The molecule has 0 atom stereocenters. The minimum absolute atomic E-state index is 0.259. The summed E-state index contributed by atoms with van der Waals surface area (Å²) in [6, 6.07) is 42.6. The van der Waals surface area contributed by atoms with Crippen LogP contribution in [-0.4, -0.2) is 142 Å². The van der Waals surface area contributed by atoms with E-state index in [-0.39, 0.29) is 18.1 Å². The molecule has 3 heterocycles. The van der Waals surface area contributed by atoms with Crippen molar-refractivity contribution in [3.8, 4) is 17.2 Å². The number of benzene rings is 9. The van der Waals surface area contributed by atoms with E-state index in [1.807, 2.05) is 84.9 Å². The van der Waals surface area contributed by atoms with E-state index >= 15 is 4.39 Å². The molecule has 20 heteroatoms. The third-order valence-electron chi connectivity index (χ3n) is 16.9. The van der Waals surface area contributed by atoms with E-state index in [0.717, 1.165) is 135 Å². The van der Waals surface area contributed by atoms with Crippen LogP contribution in [0.25, 0.3) is 97.7 Å². The Balaban J connectivity index is 0.856. The Labute approximate surface area is 533 Å². The molecule has 0 radical (unpaired) electrons. The Kier molecular flexibility index (Phi) is 18.0. The molecule has 468 valence electrons. The highest BCUT2D eigenvalue weighted by Crippen LogP contribution is 2.43. The molecular weight excluding hydrogens is 1200 g/mol. The third kappa shape index (κ3) is 12.8. The summed E-state index contributed by atoms with van der Waals surface area (Å²) in [7, 11) is 9.61. The van der Waals surface area contributed by atoms with Crippen LogP contribution in [0.2, 0.25) is 10.0 Å². The van der Waals surface area contributed by atoms with Crippen LogP contribution in [0, 0.1) is 5.82 Å². The highest BCUT2D eigenvalue weighted by Gasteiger charge is 2.24. The second-order valence-corrected chi connectivity index (χ2v) is 24.5. The number of hydrogen-bond acceptors (Lipinski definition) is 11. The van der Waals surface area contributed by atoms with Gasteiger partial charge < -0.3 is 62.8 Å². The van der Waals surface area contributed by atoms with Crippen molar-refractivity contribution in [1.82, 2.24) is 28.4 Å². The lowest BCUT2D eigenvalue weighted by atomic mass is 9.99. The number of hydrogen-bond donors (Lipinski definition) is 3. The molecule has 12 rings (SSSR count). The molecule has 0 aliphatic carbocycles. The molecule has 0 amide bonds. The van der Waals surface area contributed by atoms with Gasteiger partial charge >= 0.3 is 17.9 Å². The van der Waals surface area contributed by atoms with E-state index < -0.39 is 31.1 Å². The normalized spacial score (nSPS) is 12.3. The van der Waals surface area contributed by atoms with Gasteiger partial charge in [-0.2, -0.15) is 0 Å². The number of carboxylic acid groups (broad SMARTS) is 3. The van der Waals surface area contributed by atoms with E-state index in [9.17, 15) is 29.7 Å². The monoisotopic (exact) mass is 1270 g/mol. The van der Waals surface area contributed by atoms with Crippen molar-refractivity contribution in [2.24, 2.45) is 5.16 Å². The molecule has 91 heavy (non-hydrogen) atoms. The van der Waals surface area contributed by atoms with Gasteiger partial charge in [-0.05, 0) is 216 Å². The van der Waals surface area contributed by atoms with Crippen LogP contribution in [0.15, 0.2) is 139 Å². The average molecular weight is 1270 g/mol. The van der Waals surface area contributed by atoms with Crippen LogP contribution in [0.1, 0.15) is 30.4 Å². The number of aromatic nitrogens is 3. The van der Waals surface area contributed by atoms with Crippen LogP contribution < -0.4 is 14.2 Å². The number of fused-ring (bicyclic) bond motifs is 15. The van der Waals surface area contributed by atoms with Gasteiger partial charge in [-0.15, -0.1) is 0 Å². The molecule has 3 N–H and O–H groups in total. The number of aryl methyl sites for hydroxylation is 3. The van der Waals surface area contributed by atoms with E-state index in [1.54, 1.807) is 12.1 Å². The molecule has 12 aromatic rings. The average Bonchev–Trinajstić information content (AvgIpc) is 1.61. The molecule has 0 fully saturated rings. The van der Waals surface area contributed by atoms with Gasteiger partial charge in [0.2, 0.25) is 5.71 Å². The summed E-state index contributed by atoms with van der Waals surface area (Å²) in [5, 5.41) is 45.1. The SMILES string of the molecule is CO/N=C(\COc1ccc2c(ccc3c4cc(Cl)ccc4n(CCCN(C)Cc4cc5cc(OCC(=O)O)ccc5c5c4c4cc(Cl)ccc4n5CCCN(C)Cc4cc5cc(OCC(=O)O)ccc5c5c4c4cc(F)ccc4n5CCCN(C)C)c23)c1)C(=O)O. The number of carboxylic acids is 3. The Hall–Kier alpha value is -9.17. The van der Waals surface area contributed by atoms with Crippen molar-refractivity contribution < 1.29 is 53.1 Å². The molecule has 0 unspecified atom stereocenters. The summed E-state index contributed by atoms with van der Waals surface area (Å²) < 4.78 is 39.8. The summed E-state index contributed by atoms with van der Waals surface area (Å²) in [6.07, 6.45) is 2.39. The molecule has 0 spiro atoms. The predicted molar refractivity (Wildman–Crippen MR) is 360 cm³/mol. The highest BCUT2D eigenvalue weighted by atomic mass is 35.5. The zero-order valence-electron chi connectivity index (χ0n) is 51.1. The van der Waals surface area contributed by atoms with E-state index in [4.69, 9.17) is 42.3 Å². The molecule has 9 aromatic carbocycles. The lowest BCUT2D eigenvalue weighted by Gasteiger charge is -2.20. The fourth-order valence-corrected chi connectivity index (χ4v) is 13.5. The van der Waals surface area contributed by atoms with Crippen molar-refractivity contribution in [3.63, 3.8) is 0 Å². The summed E-state index contributed by atoms with van der Waals surface area (Å²) in [6.45, 7) is 4.14. The standard InChI is InChI=1S/C71H68Cl2FN7O10/c1-76(2)23-6-26-80-63-22-12-49(74)36-59(63)67-46(30-44-33-52(91-41-65(84)85)15-19-55(44)70(67)80)38-78(4)25-8-28-81-62-21-11-48(73)35-58(62)66-45(29-43-32-51(90-40-64(82)83)14-18-54(43)69(66)81)37-77(3)24-7-27-79-61-20-10-47(72)34-57(61)56-16-9-42-31-50(13-17-53(42)68(56)79)89-39-60(71(86)87)75-88-5/h9-22,29-36H,6-8,23-28,37-41H2,1-5H3,(H,82,83)(H,84,85)(H,86,87)/b75-60+. The van der Waals surface area contributed by atoms with Crippen LogP contribution >= 0.6 is 23.2 Å². The van der Waals surface area contributed by atoms with Gasteiger partial charge in [0, 0.05) is 108 Å². The zero-order chi connectivity index (χ0) is 63.8. The van der Waals surface area contributed by atoms with Crippen LogP contribution in [-0.2, 0) is 51.9 Å². The Morgan fingerprint density at radius 3 is 1.43 bits per heavy atom. The van der Waals surface area contributed by atoms with Crippen LogP contribution in [0.4, 0.5) is 4.39 Å². The zero-order valence-corrected chi connectivity index (χ0v) is 52.6. The number of aliphatic carboxylic acids is 3. The fraction of sp³-hybridized carbons (Fsp3) is 0.268. The Morgan fingerprint density at radius 2 is 0.923 bits per heavy atom. The van der Waals surface area contributed by atoms with E-state index in [1.165, 1.54) is 13.2 Å². The Bertz CT molecular complexity index is 4880. The number of ether oxygens (including phenoxy) is 3. The van der Waals surface area contributed by atoms with Gasteiger partial charge in [-0.1, -0.05) is 40.5 Å². The van der Waals surface area contributed by atoms with Crippen LogP contribution in [0.5, 0.6) is 17.2 Å². The van der Waals surface area contributed by atoms with Crippen molar-refractivity contribution in [2.45, 2.75) is 52.0 Å².